The number of rotatable bonds is 0. The molecule has 0 aromatic heterocycles. The van der Waals surface area contributed by atoms with Gasteiger partial charge >= 0.3 is 48.9 Å². The normalized spacial score (nSPS) is 0. The summed E-state index contributed by atoms with van der Waals surface area (Å²) in [5.41, 5.74) is 0. The molecule has 0 saturated carbocycles. The molecular formula is H4BaCuLaO. The smallest absolute Gasteiger partial charge is 0 e. The molecule has 4 heavy (non-hydrogen) atoms. The Hall–Kier alpha value is 3.25. The third-order valence-electron chi connectivity index (χ3n) is 0. The summed E-state index contributed by atoms with van der Waals surface area (Å²) in [5, 5.41) is 0. The molecule has 0 aliphatic heterocycles. The van der Waals surface area contributed by atoms with Gasteiger partial charge in [0.25, 0.3) is 0 Å². The summed E-state index contributed by atoms with van der Waals surface area (Å²) in [4.78, 5) is 0. The third-order valence-corrected chi connectivity index (χ3v) is 0. The fourth-order valence-electron chi connectivity index (χ4n) is 0. The Balaban J connectivity index is 0. The van der Waals surface area contributed by atoms with Crippen molar-refractivity contribution >= 4 is 48.9 Å². The first-order chi connectivity index (χ1) is 0. The van der Waals surface area contributed by atoms with Crippen LogP contribution in [-0.2, 0) is 17.1 Å². The quantitative estimate of drug-likeness (QED) is 0.460. The fourth-order valence-corrected chi connectivity index (χ4v) is 0. The van der Waals surface area contributed by atoms with Crippen LogP contribution >= 0.6 is 0 Å². The van der Waals surface area contributed by atoms with Gasteiger partial charge in [-0.2, -0.15) is 0 Å². The van der Waals surface area contributed by atoms with Gasteiger partial charge in [0.1, 0.15) is 0 Å². The second-order valence-corrected chi connectivity index (χ2v) is 0. The molecule has 0 heterocycles. The van der Waals surface area contributed by atoms with Crippen molar-refractivity contribution in [3.05, 3.63) is 0 Å². The molecule has 0 amide bonds. The first-order valence-electron chi connectivity index (χ1n) is 0. The summed E-state index contributed by atoms with van der Waals surface area (Å²) in [6, 6.07) is 0. The molecule has 0 rings (SSSR count). The van der Waals surface area contributed by atoms with Crippen molar-refractivity contribution < 1.29 is 58.1 Å². The second kappa shape index (κ2) is 16.3. The molecule has 1 nitrogen and oxygen atoms in total. The zero-order valence-corrected chi connectivity index (χ0v) is 5.95. The van der Waals surface area contributed by atoms with Crippen LogP contribution in [0.1, 0.15) is 0 Å². The van der Waals surface area contributed by atoms with Crippen LogP contribution in [-0.4, -0.2) is 54.4 Å². The number of hydrogen-bond donors (Lipinski definition) is 0. The van der Waals surface area contributed by atoms with Crippen molar-refractivity contribution in [3.63, 3.8) is 0 Å². The van der Waals surface area contributed by atoms with Crippen LogP contribution in [0.3, 0.4) is 0 Å². The zero-order chi connectivity index (χ0) is 0. The Labute approximate surface area is 104 Å². The summed E-state index contributed by atoms with van der Waals surface area (Å²) in [6.45, 7) is 0. The summed E-state index contributed by atoms with van der Waals surface area (Å²) in [7, 11) is 0. The van der Waals surface area contributed by atoms with Crippen molar-refractivity contribution in [2.24, 2.45) is 0 Å². The summed E-state index contributed by atoms with van der Waals surface area (Å²) < 4.78 is 0. The van der Waals surface area contributed by atoms with Crippen LogP contribution in [0.15, 0.2) is 0 Å². The topological polar surface area (TPSA) is 31.5 Å². The molecule has 0 atom stereocenters. The van der Waals surface area contributed by atoms with Crippen LogP contribution in [0.25, 0.3) is 0 Å². The van der Waals surface area contributed by atoms with E-state index in [1.54, 1.807) is 0 Å². The number of hydrogen-bond acceptors (Lipinski definition) is 0. The van der Waals surface area contributed by atoms with Gasteiger partial charge in [0, 0.05) is 52.7 Å². The van der Waals surface area contributed by atoms with Crippen LogP contribution in [0.5, 0.6) is 0 Å². The van der Waals surface area contributed by atoms with Crippen molar-refractivity contribution in [1.29, 1.82) is 0 Å². The summed E-state index contributed by atoms with van der Waals surface area (Å²) in [5.74, 6) is 0. The average molecular weight is 360 g/mol. The third kappa shape index (κ3) is 8.98. The van der Waals surface area contributed by atoms with Gasteiger partial charge in [0.05, 0.1) is 0 Å². The van der Waals surface area contributed by atoms with Crippen LogP contribution in [0.2, 0.25) is 0 Å². The largest absolute Gasteiger partial charge is 0 e. The van der Waals surface area contributed by atoms with Gasteiger partial charge in [-0.3, -0.25) is 0 Å². The van der Waals surface area contributed by atoms with Gasteiger partial charge < -0.3 is 5.48 Å². The molecular weight excluding hydrogens is 356 g/mol. The van der Waals surface area contributed by atoms with E-state index in [1.165, 1.54) is 0 Å². The molecule has 0 aromatic rings. The molecule has 0 unspecified atom stereocenters. The average Bonchev–Trinajstić information content (AvgIpc) is 0. The molecule has 0 fully saturated rings. The first-order valence-corrected chi connectivity index (χ1v) is 0. The van der Waals surface area contributed by atoms with E-state index in [2.05, 4.69) is 0 Å². The molecule has 0 spiro atoms. The molecule has 4 heteroatoms. The molecule has 0 aliphatic carbocycles. The van der Waals surface area contributed by atoms with E-state index < -0.39 is 0 Å². The SMILES string of the molecule is O.[BaH2].[Cu].[La]. The van der Waals surface area contributed by atoms with Gasteiger partial charge in [-0.05, 0) is 0 Å². The van der Waals surface area contributed by atoms with Crippen molar-refractivity contribution in [2.45, 2.75) is 0 Å². The Morgan fingerprint density at radius 1 is 1.00 bits per heavy atom. The second-order valence-electron chi connectivity index (χ2n) is 0. The Morgan fingerprint density at radius 2 is 1.00 bits per heavy atom. The molecule has 0 saturated heterocycles. The van der Waals surface area contributed by atoms with Gasteiger partial charge in [-0.1, -0.05) is 0 Å². The van der Waals surface area contributed by atoms with Gasteiger partial charge in [-0.25, -0.2) is 0 Å². The van der Waals surface area contributed by atoms with Gasteiger partial charge in [-0.15, -0.1) is 0 Å². The van der Waals surface area contributed by atoms with E-state index in [0.717, 1.165) is 0 Å². The molecule has 26 valence electrons. The van der Waals surface area contributed by atoms with Gasteiger partial charge in [0.2, 0.25) is 0 Å². The molecule has 0 aliphatic rings. The Bertz CT molecular complexity index is 8.00. The maximum atomic E-state index is 0. The van der Waals surface area contributed by atoms with E-state index in [4.69, 9.17) is 0 Å². The van der Waals surface area contributed by atoms with E-state index >= 15 is 0 Å². The summed E-state index contributed by atoms with van der Waals surface area (Å²) >= 11 is 0. The van der Waals surface area contributed by atoms with Crippen molar-refractivity contribution in [2.75, 3.05) is 0 Å². The molecule has 0 aromatic carbocycles. The Kier molecular flexibility index (Phi) is 109. The van der Waals surface area contributed by atoms with Crippen LogP contribution in [0, 0.1) is 35.6 Å². The van der Waals surface area contributed by atoms with Crippen LogP contribution < -0.4 is 0 Å². The zero-order valence-electron chi connectivity index (χ0n) is 1.38. The minimum atomic E-state index is 0. The summed E-state index contributed by atoms with van der Waals surface area (Å²) in [6.07, 6.45) is 0. The molecule has 2 N–H and O–H groups in total. The van der Waals surface area contributed by atoms with E-state index in [0.29, 0.717) is 0 Å². The predicted molar refractivity (Wildman–Crippen MR) is 12.2 cm³/mol. The minimum absolute atomic E-state index is 0. The predicted octanol–water partition coefficient (Wildman–Crippen LogP) is -1.74. The van der Waals surface area contributed by atoms with Crippen molar-refractivity contribution in [3.8, 4) is 0 Å². The molecule has 0 bridgehead atoms. The van der Waals surface area contributed by atoms with E-state index in [1.807, 2.05) is 0 Å². The van der Waals surface area contributed by atoms with E-state index in [9.17, 15) is 0 Å². The first kappa shape index (κ1) is 26.8. The van der Waals surface area contributed by atoms with E-state index in [-0.39, 0.29) is 107 Å². The Morgan fingerprint density at radius 3 is 1.00 bits per heavy atom. The molecule has 2 radical (unpaired) electrons. The fraction of sp³-hybridized carbons (Fsp3) is 0. The van der Waals surface area contributed by atoms with Crippen LogP contribution in [0.4, 0.5) is 0 Å². The standard InChI is InChI=1S/Ba.Cu.La.H2O.2H/h;;;1H2;;. The maximum Gasteiger partial charge on any atom is 0 e. The minimum Gasteiger partial charge on any atom is 0 e. The van der Waals surface area contributed by atoms with Crippen molar-refractivity contribution in [1.82, 2.24) is 0 Å². The van der Waals surface area contributed by atoms with Gasteiger partial charge in [0.15, 0.2) is 0 Å². The monoisotopic (exact) mass is 360 g/mol. The maximum absolute atomic E-state index is 0.